The SMILES string of the molecule is Cc1cc(CNC(C)c2ccc(NC(N)=O)cc2)on1. The Balaban J connectivity index is 1.91. The molecule has 1 atom stereocenters. The lowest BCUT2D eigenvalue weighted by molar-refractivity contribution is 0.259. The Labute approximate surface area is 117 Å². The minimum atomic E-state index is -0.565. The number of rotatable bonds is 5. The van der Waals surface area contributed by atoms with E-state index >= 15 is 0 Å². The predicted molar refractivity (Wildman–Crippen MR) is 76.1 cm³/mol. The molecule has 2 rings (SSSR count). The van der Waals surface area contributed by atoms with E-state index < -0.39 is 6.03 Å². The Hall–Kier alpha value is -2.34. The number of nitrogens with two attached hydrogens (primary N) is 1. The predicted octanol–water partition coefficient (Wildman–Crippen LogP) is 2.32. The Morgan fingerprint density at radius 3 is 2.65 bits per heavy atom. The van der Waals surface area contributed by atoms with Gasteiger partial charge in [0.2, 0.25) is 0 Å². The third-order valence-corrected chi connectivity index (χ3v) is 2.94. The Bertz CT molecular complexity index is 577. The molecule has 0 aliphatic heterocycles. The summed E-state index contributed by atoms with van der Waals surface area (Å²) in [6.07, 6.45) is 0. The summed E-state index contributed by atoms with van der Waals surface area (Å²) >= 11 is 0. The molecule has 0 saturated carbocycles. The van der Waals surface area contributed by atoms with Gasteiger partial charge in [0.15, 0.2) is 5.76 Å². The number of nitrogens with zero attached hydrogens (tertiary/aromatic N) is 1. The van der Waals surface area contributed by atoms with E-state index in [-0.39, 0.29) is 6.04 Å². The molecule has 0 saturated heterocycles. The second-order valence-electron chi connectivity index (χ2n) is 4.65. The van der Waals surface area contributed by atoms with Gasteiger partial charge in [-0.1, -0.05) is 17.3 Å². The number of hydrogen-bond acceptors (Lipinski definition) is 4. The van der Waals surface area contributed by atoms with Gasteiger partial charge in [0.1, 0.15) is 0 Å². The minimum absolute atomic E-state index is 0.156. The van der Waals surface area contributed by atoms with Crippen LogP contribution in [0.3, 0.4) is 0 Å². The van der Waals surface area contributed by atoms with Crippen LogP contribution in [0, 0.1) is 6.92 Å². The highest BCUT2D eigenvalue weighted by Crippen LogP contribution is 2.16. The number of carbonyl (C=O) groups is 1. The maximum Gasteiger partial charge on any atom is 0.316 e. The largest absolute Gasteiger partial charge is 0.360 e. The first-order valence-electron chi connectivity index (χ1n) is 6.36. The number of amides is 2. The Morgan fingerprint density at radius 1 is 1.40 bits per heavy atom. The number of aromatic nitrogens is 1. The fourth-order valence-electron chi connectivity index (χ4n) is 1.87. The zero-order valence-corrected chi connectivity index (χ0v) is 11.5. The zero-order chi connectivity index (χ0) is 14.5. The lowest BCUT2D eigenvalue weighted by Crippen LogP contribution is -2.20. The number of urea groups is 1. The molecule has 6 nitrogen and oxygen atoms in total. The van der Waals surface area contributed by atoms with Gasteiger partial charge in [0.25, 0.3) is 0 Å². The van der Waals surface area contributed by atoms with Gasteiger partial charge in [-0.25, -0.2) is 4.79 Å². The first-order chi connectivity index (χ1) is 9.54. The maximum atomic E-state index is 10.7. The van der Waals surface area contributed by atoms with Crippen molar-refractivity contribution in [3.63, 3.8) is 0 Å². The fourth-order valence-corrected chi connectivity index (χ4v) is 1.87. The van der Waals surface area contributed by atoms with Crippen molar-refractivity contribution in [2.75, 3.05) is 5.32 Å². The topological polar surface area (TPSA) is 93.2 Å². The second kappa shape index (κ2) is 6.21. The molecule has 0 bridgehead atoms. The van der Waals surface area contributed by atoms with Gasteiger partial charge in [0, 0.05) is 17.8 Å². The third kappa shape index (κ3) is 3.83. The molecule has 1 unspecified atom stereocenters. The lowest BCUT2D eigenvalue weighted by atomic mass is 10.1. The van der Waals surface area contributed by atoms with Crippen LogP contribution in [-0.4, -0.2) is 11.2 Å². The average molecular weight is 274 g/mol. The number of anilines is 1. The van der Waals surface area contributed by atoms with Gasteiger partial charge < -0.3 is 20.9 Å². The van der Waals surface area contributed by atoms with Crippen LogP contribution in [0.1, 0.15) is 30.0 Å². The van der Waals surface area contributed by atoms with Crippen LogP contribution in [0.15, 0.2) is 34.9 Å². The molecule has 1 aromatic carbocycles. The van der Waals surface area contributed by atoms with E-state index in [0.29, 0.717) is 12.2 Å². The molecule has 0 radical (unpaired) electrons. The molecule has 106 valence electrons. The molecule has 1 aromatic heterocycles. The smallest absolute Gasteiger partial charge is 0.316 e. The van der Waals surface area contributed by atoms with Gasteiger partial charge in [0.05, 0.1) is 12.2 Å². The van der Waals surface area contributed by atoms with Crippen LogP contribution in [0.2, 0.25) is 0 Å². The van der Waals surface area contributed by atoms with E-state index in [1.807, 2.05) is 37.3 Å². The third-order valence-electron chi connectivity index (χ3n) is 2.94. The molecule has 4 N–H and O–H groups in total. The normalized spacial score (nSPS) is 12.1. The summed E-state index contributed by atoms with van der Waals surface area (Å²) in [6.45, 7) is 4.56. The number of nitrogens with one attached hydrogen (secondary N) is 2. The van der Waals surface area contributed by atoms with E-state index in [1.54, 1.807) is 0 Å². The van der Waals surface area contributed by atoms with Gasteiger partial charge in [-0.3, -0.25) is 0 Å². The van der Waals surface area contributed by atoms with Crippen molar-refractivity contribution in [2.24, 2.45) is 5.73 Å². The van der Waals surface area contributed by atoms with Crippen molar-refractivity contribution in [2.45, 2.75) is 26.4 Å². The number of benzene rings is 1. The van der Waals surface area contributed by atoms with Crippen molar-refractivity contribution >= 4 is 11.7 Å². The van der Waals surface area contributed by atoms with Crippen LogP contribution >= 0.6 is 0 Å². The van der Waals surface area contributed by atoms with E-state index in [0.717, 1.165) is 17.0 Å². The van der Waals surface area contributed by atoms with Crippen molar-refractivity contribution < 1.29 is 9.32 Å². The van der Waals surface area contributed by atoms with Gasteiger partial charge >= 0.3 is 6.03 Å². The van der Waals surface area contributed by atoms with Gasteiger partial charge in [-0.15, -0.1) is 0 Å². The quantitative estimate of drug-likeness (QED) is 0.780. The number of aryl methyl sites for hydroxylation is 1. The van der Waals surface area contributed by atoms with Gasteiger partial charge in [-0.2, -0.15) is 0 Å². The minimum Gasteiger partial charge on any atom is -0.360 e. The fraction of sp³-hybridized carbons (Fsp3) is 0.286. The molecule has 2 amide bonds. The molecule has 0 aliphatic carbocycles. The molecule has 0 fully saturated rings. The monoisotopic (exact) mass is 274 g/mol. The second-order valence-corrected chi connectivity index (χ2v) is 4.65. The van der Waals surface area contributed by atoms with Crippen molar-refractivity contribution in [3.8, 4) is 0 Å². The number of carbonyl (C=O) groups excluding carboxylic acids is 1. The summed E-state index contributed by atoms with van der Waals surface area (Å²) in [7, 11) is 0. The summed E-state index contributed by atoms with van der Waals surface area (Å²) in [5.74, 6) is 0.807. The van der Waals surface area contributed by atoms with Crippen LogP contribution < -0.4 is 16.4 Å². The van der Waals surface area contributed by atoms with Crippen molar-refractivity contribution in [3.05, 3.63) is 47.3 Å². The summed E-state index contributed by atoms with van der Waals surface area (Å²) in [5, 5.41) is 9.71. The van der Waals surface area contributed by atoms with Crippen LogP contribution in [0.25, 0.3) is 0 Å². The molecular formula is C14H18N4O2. The highest BCUT2D eigenvalue weighted by Gasteiger charge is 2.07. The first kappa shape index (κ1) is 14.1. The summed E-state index contributed by atoms with van der Waals surface area (Å²) in [5.41, 5.74) is 7.72. The van der Waals surface area contributed by atoms with Gasteiger partial charge in [-0.05, 0) is 31.5 Å². The highest BCUT2D eigenvalue weighted by atomic mass is 16.5. The zero-order valence-electron chi connectivity index (χ0n) is 11.5. The van der Waals surface area contributed by atoms with Crippen LogP contribution in [0.4, 0.5) is 10.5 Å². The van der Waals surface area contributed by atoms with Crippen molar-refractivity contribution in [1.29, 1.82) is 0 Å². The Morgan fingerprint density at radius 2 is 2.10 bits per heavy atom. The molecule has 6 heteroatoms. The lowest BCUT2D eigenvalue weighted by Gasteiger charge is -2.13. The van der Waals surface area contributed by atoms with Crippen LogP contribution in [-0.2, 0) is 6.54 Å². The van der Waals surface area contributed by atoms with Crippen molar-refractivity contribution in [1.82, 2.24) is 10.5 Å². The highest BCUT2D eigenvalue weighted by molar-refractivity contribution is 5.87. The molecule has 20 heavy (non-hydrogen) atoms. The molecule has 0 aliphatic rings. The molecular weight excluding hydrogens is 256 g/mol. The first-order valence-corrected chi connectivity index (χ1v) is 6.36. The maximum absolute atomic E-state index is 10.7. The molecule has 1 heterocycles. The van der Waals surface area contributed by atoms with E-state index in [2.05, 4.69) is 22.7 Å². The molecule has 2 aromatic rings. The van der Waals surface area contributed by atoms with Crippen LogP contribution in [0.5, 0.6) is 0 Å². The average Bonchev–Trinajstić information content (AvgIpc) is 2.82. The number of hydrogen-bond donors (Lipinski definition) is 3. The summed E-state index contributed by atoms with van der Waals surface area (Å²) < 4.78 is 5.14. The summed E-state index contributed by atoms with van der Waals surface area (Å²) in [4.78, 5) is 10.7. The van der Waals surface area contributed by atoms with E-state index in [4.69, 9.17) is 10.3 Å². The van der Waals surface area contributed by atoms with E-state index in [9.17, 15) is 4.79 Å². The number of primary amides is 1. The molecule has 0 spiro atoms. The standard InChI is InChI=1S/C14H18N4O2/c1-9-7-13(20-18-9)8-16-10(2)11-3-5-12(6-4-11)17-14(15)19/h3-7,10,16H,8H2,1-2H3,(H3,15,17,19). The Kier molecular flexibility index (Phi) is 4.37. The van der Waals surface area contributed by atoms with E-state index in [1.165, 1.54) is 0 Å². The summed E-state index contributed by atoms with van der Waals surface area (Å²) in [6, 6.07) is 9.00.